The average molecular weight is 184 g/mol. The minimum atomic E-state index is -0.333. The van der Waals surface area contributed by atoms with Gasteiger partial charge in [0.25, 0.3) is 0 Å². The molecule has 0 aliphatic heterocycles. The summed E-state index contributed by atoms with van der Waals surface area (Å²) in [4.78, 5) is 20.2. The zero-order chi connectivity index (χ0) is 10.0. The number of hydrogen-bond acceptors (Lipinski definition) is 4. The van der Waals surface area contributed by atoms with Crippen molar-refractivity contribution in [2.75, 3.05) is 14.2 Å². The van der Waals surface area contributed by atoms with Gasteiger partial charge in [-0.25, -0.2) is 10.0 Å². The van der Waals surface area contributed by atoms with Crippen LogP contribution in [0.1, 0.15) is 22.1 Å². The van der Waals surface area contributed by atoms with Crippen molar-refractivity contribution in [1.82, 2.24) is 10.0 Å². The van der Waals surface area contributed by atoms with Gasteiger partial charge in [0.05, 0.1) is 12.8 Å². The molecule has 0 saturated heterocycles. The van der Waals surface area contributed by atoms with Crippen molar-refractivity contribution in [2.24, 2.45) is 0 Å². The van der Waals surface area contributed by atoms with Crippen LogP contribution in [0.15, 0.2) is 4.42 Å². The van der Waals surface area contributed by atoms with Crippen molar-refractivity contribution in [3.63, 3.8) is 0 Å². The third-order valence-corrected chi connectivity index (χ3v) is 1.66. The highest BCUT2D eigenvalue weighted by molar-refractivity contribution is 5.91. The Labute approximate surface area is 76.3 Å². The van der Waals surface area contributed by atoms with Crippen molar-refractivity contribution in [1.29, 1.82) is 0 Å². The van der Waals surface area contributed by atoms with Crippen molar-refractivity contribution >= 4 is 5.91 Å². The van der Waals surface area contributed by atoms with Crippen LogP contribution >= 0.6 is 0 Å². The molecule has 0 fully saturated rings. The van der Waals surface area contributed by atoms with E-state index < -0.39 is 0 Å². The molecule has 0 aliphatic rings. The molecule has 5 heteroatoms. The summed E-state index contributed by atoms with van der Waals surface area (Å²) in [5.41, 5.74) is 0.575. The summed E-state index contributed by atoms with van der Waals surface area (Å²) >= 11 is 0. The molecule has 1 amide bonds. The molecule has 5 nitrogen and oxygen atoms in total. The topological polar surface area (TPSA) is 55.6 Å². The smallest absolute Gasteiger partial charge is 0.314 e. The molecule has 0 bridgehead atoms. The zero-order valence-corrected chi connectivity index (χ0v) is 8.12. The monoisotopic (exact) mass is 184 g/mol. The summed E-state index contributed by atoms with van der Waals surface area (Å²) in [6.07, 6.45) is 0. The Hall–Kier alpha value is -1.36. The van der Waals surface area contributed by atoms with E-state index in [-0.39, 0.29) is 11.7 Å². The number of nitrogens with zero attached hydrogens (tertiary/aromatic N) is 2. The van der Waals surface area contributed by atoms with E-state index in [0.29, 0.717) is 11.6 Å². The summed E-state index contributed by atoms with van der Waals surface area (Å²) in [5, 5.41) is 1.09. The first kappa shape index (κ1) is 9.73. The number of carbonyl (C=O) groups excluding carboxylic acids is 1. The standard InChI is InChI=1S/C8H12N2O3/c1-5-7(13-6(2)9-5)8(11)10(3)12-4/h1-4H3. The molecule has 0 aromatic carbocycles. The highest BCUT2D eigenvalue weighted by Gasteiger charge is 2.19. The highest BCUT2D eigenvalue weighted by atomic mass is 16.7. The Morgan fingerprint density at radius 3 is 2.54 bits per heavy atom. The van der Waals surface area contributed by atoms with Crippen LogP contribution in [0.25, 0.3) is 0 Å². The molecule has 0 spiro atoms. The number of oxazole rings is 1. The average Bonchev–Trinajstić information content (AvgIpc) is 2.42. The lowest BCUT2D eigenvalue weighted by Gasteiger charge is -2.11. The summed E-state index contributed by atoms with van der Waals surface area (Å²) in [5.74, 6) is 0.368. The molecule has 0 aliphatic carbocycles. The van der Waals surface area contributed by atoms with Crippen molar-refractivity contribution < 1.29 is 14.0 Å². The predicted octanol–water partition coefficient (Wildman–Crippen LogP) is 0.925. The lowest BCUT2D eigenvalue weighted by Crippen LogP contribution is -2.25. The van der Waals surface area contributed by atoms with E-state index in [1.54, 1.807) is 13.8 Å². The summed E-state index contributed by atoms with van der Waals surface area (Å²) in [7, 11) is 2.93. The minimum absolute atomic E-state index is 0.224. The largest absolute Gasteiger partial charge is 0.435 e. The molecule has 0 N–H and O–H groups in total. The first-order valence-electron chi connectivity index (χ1n) is 3.82. The van der Waals surface area contributed by atoms with Gasteiger partial charge in [-0.15, -0.1) is 0 Å². The quantitative estimate of drug-likeness (QED) is 0.641. The molecule has 1 heterocycles. The number of aryl methyl sites for hydroxylation is 2. The number of carbonyl (C=O) groups is 1. The van der Waals surface area contributed by atoms with E-state index in [9.17, 15) is 4.79 Å². The van der Waals surface area contributed by atoms with E-state index in [1.807, 2.05) is 0 Å². The molecular weight excluding hydrogens is 172 g/mol. The first-order chi connectivity index (χ1) is 6.06. The van der Waals surface area contributed by atoms with E-state index in [4.69, 9.17) is 9.25 Å². The zero-order valence-electron chi connectivity index (χ0n) is 8.12. The molecule has 1 rings (SSSR count). The van der Waals surface area contributed by atoms with Gasteiger partial charge in [-0.1, -0.05) is 0 Å². The minimum Gasteiger partial charge on any atom is -0.435 e. The number of amides is 1. The van der Waals surface area contributed by atoms with Gasteiger partial charge in [-0.2, -0.15) is 0 Å². The van der Waals surface area contributed by atoms with Crippen LogP contribution in [0, 0.1) is 13.8 Å². The number of aromatic nitrogens is 1. The van der Waals surface area contributed by atoms with Crippen molar-refractivity contribution in [3.05, 3.63) is 17.3 Å². The van der Waals surface area contributed by atoms with E-state index in [2.05, 4.69) is 4.98 Å². The predicted molar refractivity (Wildman–Crippen MR) is 45.1 cm³/mol. The Bertz CT molecular complexity index is 319. The Balaban J connectivity index is 2.94. The van der Waals surface area contributed by atoms with Gasteiger partial charge >= 0.3 is 5.91 Å². The number of hydroxylamine groups is 2. The summed E-state index contributed by atoms with van der Waals surface area (Å²) in [6, 6.07) is 0. The number of hydrogen-bond donors (Lipinski definition) is 0. The molecular formula is C8H12N2O3. The SMILES string of the molecule is CON(C)C(=O)c1oc(C)nc1C. The summed E-state index contributed by atoms with van der Waals surface area (Å²) in [6.45, 7) is 3.41. The molecule has 0 atom stereocenters. The Kier molecular flexibility index (Phi) is 2.67. The second-order valence-corrected chi connectivity index (χ2v) is 2.63. The molecule has 0 saturated carbocycles. The van der Waals surface area contributed by atoms with Crippen LogP contribution in [-0.2, 0) is 4.84 Å². The van der Waals surface area contributed by atoms with Gasteiger partial charge in [0, 0.05) is 14.0 Å². The fraction of sp³-hybridized carbons (Fsp3) is 0.500. The maximum Gasteiger partial charge on any atom is 0.314 e. The second kappa shape index (κ2) is 3.57. The highest BCUT2D eigenvalue weighted by Crippen LogP contribution is 2.11. The third-order valence-electron chi connectivity index (χ3n) is 1.66. The van der Waals surface area contributed by atoms with Gasteiger partial charge in [-0.3, -0.25) is 9.63 Å². The van der Waals surface area contributed by atoms with Crippen molar-refractivity contribution in [3.8, 4) is 0 Å². The molecule has 1 aromatic rings. The lowest BCUT2D eigenvalue weighted by atomic mass is 10.3. The van der Waals surface area contributed by atoms with Gasteiger partial charge < -0.3 is 4.42 Å². The molecule has 72 valence electrons. The second-order valence-electron chi connectivity index (χ2n) is 2.63. The van der Waals surface area contributed by atoms with Gasteiger partial charge in [-0.05, 0) is 6.92 Å². The van der Waals surface area contributed by atoms with Gasteiger partial charge in [0.2, 0.25) is 5.76 Å². The fourth-order valence-electron chi connectivity index (χ4n) is 0.956. The first-order valence-corrected chi connectivity index (χ1v) is 3.82. The molecule has 1 aromatic heterocycles. The molecule has 0 unspecified atom stereocenters. The van der Waals surface area contributed by atoms with E-state index in [0.717, 1.165) is 5.06 Å². The van der Waals surface area contributed by atoms with E-state index >= 15 is 0 Å². The third kappa shape index (κ3) is 1.86. The van der Waals surface area contributed by atoms with Gasteiger partial charge in [0.15, 0.2) is 5.89 Å². The maximum absolute atomic E-state index is 11.5. The lowest BCUT2D eigenvalue weighted by molar-refractivity contribution is -0.0774. The normalized spacial score (nSPS) is 10.2. The van der Waals surface area contributed by atoms with Crippen LogP contribution in [0.4, 0.5) is 0 Å². The van der Waals surface area contributed by atoms with E-state index in [1.165, 1.54) is 14.2 Å². The maximum atomic E-state index is 11.5. The fourth-order valence-corrected chi connectivity index (χ4v) is 0.956. The molecule has 13 heavy (non-hydrogen) atoms. The Morgan fingerprint density at radius 2 is 2.15 bits per heavy atom. The van der Waals surface area contributed by atoms with Crippen LogP contribution in [0.5, 0.6) is 0 Å². The van der Waals surface area contributed by atoms with Crippen LogP contribution in [0.3, 0.4) is 0 Å². The van der Waals surface area contributed by atoms with Crippen LogP contribution in [0.2, 0.25) is 0 Å². The van der Waals surface area contributed by atoms with Gasteiger partial charge in [0.1, 0.15) is 0 Å². The summed E-state index contributed by atoms with van der Waals surface area (Å²) < 4.78 is 5.12. The number of rotatable bonds is 2. The van der Waals surface area contributed by atoms with Crippen molar-refractivity contribution in [2.45, 2.75) is 13.8 Å². The van der Waals surface area contributed by atoms with Crippen LogP contribution < -0.4 is 0 Å². The Morgan fingerprint density at radius 1 is 1.54 bits per heavy atom. The van der Waals surface area contributed by atoms with Crippen LogP contribution in [-0.4, -0.2) is 30.1 Å². The molecule has 0 radical (unpaired) electrons.